The van der Waals surface area contributed by atoms with Crippen molar-refractivity contribution in [1.29, 1.82) is 0 Å². The zero-order chi connectivity index (χ0) is 21.5. The standard InChI is InChI=1S/C24H29N3O4/c1-31-16-7-5-15(6-8-16)17-9-10-20-22-21(24(30)26-11-3-2-4-12-26)18(14-28)19(25-22)13-27(20)23(17)29/h5-10,18-19,21-22,25,28H,2-4,11-14H2,1H3/t18-,19-,21+,22+/m0/s1. The van der Waals surface area contributed by atoms with Crippen molar-refractivity contribution in [3.63, 3.8) is 0 Å². The van der Waals surface area contributed by atoms with Crippen molar-refractivity contribution < 1.29 is 14.6 Å². The second-order valence-corrected chi connectivity index (χ2v) is 8.83. The van der Waals surface area contributed by atoms with Gasteiger partial charge in [-0.2, -0.15) is 0 Å². The number of piperidine rings is 1. The van der Waals surface area contributed by atoms with Crippen LogP contribution in [0.25, 0.3) is 11.1 Å². The smallest absolute Gasteiger partial charge is 0.258 e. The molecule has 7 nitrogen and oxygen atoms in total. The summed E-state index contributed by atoms with van der Waals surface area (Å²) in [7, 11) is 1.62. The van der Waals surface area contributed by atoms with Crippen LogP contribution in [-0.2, 0) is 11.3 Å². The zero-order valence-electron chi connectivity index (χ0n) is 17.8. The van der Waals surface area contributed by atoms with Gasteiger partial charge in [-0.15, -0.1) is 0 Å². The molecule has 0 saturated carbocycles. The fourth-order valence-corrected chi connectivity index (χ4v) is 5.54. The Morgan fingerprint density at radius 3 is 2.55 bits per heavy atom. The van der Waals surface area contributed by atoms with Crippen LogP contribution in [0.2, 0.25) is 0 Å². The number of nitrogens with one attached hydrogen (secondary N) is 1. The van der Waals surface area contributed by atoms with Crippen molar-refractivity contribution in [2.75, 3.05) is 26.8 Å². The number of pyridine rings is 1. The van der Waals surface area contributed by atoms with E-state index in [-0.39, 0.29) is 42.0 Å². The van der Waals surface area contributed by atoms with E-state index in [9.17, 15) is 14.7 Å². The van der Waals surface area contributed by atoms with E-state index in [1.807, 2.05) is 41.3 Å². The van der Waals surface area contributed by atoms with E-state index in [0.29, 0.717) is 12.1 Å². The summed E-state index contributed by atoms with van der Waals surface area (Å²) >= 11 is 0. The van der Waals surface area contributed by atoms with Gasteiger partial charge in [0.15, 0.2) is 0 Å². The van der Waals surface area contributed by atoms with Crippen LogP contribution in [0.4, 0.5) is 0 Å². The number of aliphatic hydroxyl groups excluding tert-OH is 1. The molecule has 2 N–H and O–H groups in total. The number of hydrogen-bond donors (Lipinski definition) is 2. The molecule has 4 atom stereocenters. The molecule has 0 radical (unpaired) electrons. The number of rotatable bonds is 4. The number of aromatic nitrogens is 1. The predicted molar refractivity (Wildman–Crippen MR) is 117 cm³/mol. The summed E-state index contributed by atoms with van der Waals surface area (Å²) in [6, 6.07) is 10.9. The van der Waals surface area contributed by atoms with E-state index in [1.165, 1.54) is 0 Å². The molecule has 1 aromatic heterocycles. The fourth-order valence-electron chi connectivity index (χ4n) is 5.54. The number of nitrogens with zero attached hydrogens (tertiary/aromatic N) is 2. The number of hydrogen-bond acceptors (Lipinski definition) is 5. The lowest BCUT2D eigenvalue weighted by molar-refractivity contribution is -0.138. The minimum absolute atomic E-state index is 0.0538. The van der Waals surface area contributed by atoms with Gasteiger partial charge in [0.2, 0.25) is 5.91 Å². The van der Waals surface area contributed by atoms with Crippen molar-refractivity contribution >= 4 is 5.91 Å². The number of carbonyl (C=O) groups excluding carboxylic acids is 1. The molecular formula is C24H29N3O4. The minimum Gasteiger partial charge on any atom is -0.497 e. The maximum atomic E-state index is 13.4. The third-order valence-electron chi connectivity index (χ3n) is 7.20. The molecule has 0 spiro atoms. The highest BCUT2D eigenvalue weighted by atomic mass is 16.5. The van der Waals surface area contributed by atoms with Gasteiger partial charge in [0, 0.05) is 49.5 Å². The number of methoxy groups -OCH3 is 1. The first-order chi connectivity index (χ1) is 15.1. The maximum absolute atomic E-state index is 13.4. The molecule has 3 aliphatic heterocycles. The predicted octanol–water partition coefficient (Wildman–Crippen LogP) is 1.79. The highest BCUT2D eigenvalue weighted by Gasteiger charge is 2.51. The number of aliphatic hydroxyl groups is 1. The molecule has 2 saturated heterocycles. The summed E-state index contributed by atoms with van der Waals surface area (Å²) in [5, 5.41) is 13.7. The van der Waals surface area contributed by atoms with Gasteiger partial charge >= 0.3 is 0 Å². The summed E-state index contributed by atoms with van der Waals surface area (Å²) in [5.41, 5.74) is 2.26. The summed E-state index contributed by atoms with van der Waals surface area (Å²) in [6.45, 7) is 1.97. The molecular weight excluding hydrogens is 394 g/mol. The number of ether oxygens (including phenoxy) is 1. The van der Waals surface area contributed by atoms with Crippen LogP contribution in [0.5, 0.6) is 5.75 Å². The molecule has 5 rings (SSSR count). The van der Waals surface area contributed by atoms with Crippen molar-refractivity contribution in [2.45, 2.75) is 37.9 Å². The molecule has 3 aliphatic rings. The van der Waals surface area contributed by atoms with Crippen LogP contribution in [0.15, 0.2) is 41.2 Å². The number of carbonyl (C=O) groups is 1. The van der Waals surface area contributed by atoms with Gasteiger partial charge in [0.25, 0.3) is 5.56 Å². The Labute approximate surface area is 181 Å². The quantitative estimate of drug-likeness (QED) is 0.783. The molecule has 0 unspecified atom stereocenters. The number of benzene rings is 1. The van der Waals surface area contributed by atoms with Crippen molar-refractivity contribution in [3.05, 3.63) is 52.4 Å². The van der Waals surface area contributed by atoms with E-state index in [1.54, 1.807) is 11.7 Å². The Morgan fingerprint density at radius 1 is 1.13 bits per heavy atom. The number of fused-ring (bicyclic) bond motifs is 4. The van der Waals surface area contributed by atoms with E-state index in [2.05, 4.69) is 5.32 Å². The molecule has 2 aromatic rings. The van der Waals surface area contributed by atoms with E-state index < -0.39 is 0 Å². The monoisotopic (exact) mass is 423 g/mol. The Hall–Kier alpha value is -2.64. The van der Waals surface area contributed by atoms with Gasteiger partial charge in [-0.3, -0.25) is 9.59 Å². The first kappa shape index (κ1) is 20.3. The van der Waals surface area contributed by atoms with Crippen LogP contribution < -0.4 is 15.6 Å². The van der Waals surface area contributed by atoms with Crippen molar-refractivity contribution in [3.8, 4) is 16.9 Å². The molecule has 0 aliphatic carbocycles. The lowest BCUT2D eigenvalue weighted by Crippen LogP contribution is -2.44. The van der Waals surface area contributed by atoms with Gasteiger partial charge in [0.1, 0.15) is 5.75 Å². The van der Waals surface area contributed by atoms with Gasteiger partial charge in [0.05, 0.1) is 19.1 Å². The highest BCUT2D eigenvalue weighted by Crippen LogP contribution is 2.42. The SMILES string of the molecule is COc1ccc(-c2ccc3n(c2=O)C[C@@H]2N[C@H]3[C@H](C(=O)N3CCCCC3)[C@H]2CO)cc1. The molecule has 4 heterocycles. The Balaban J connectivity index is 1.51. The van der Waals surface area contributed by atoms with Gasteiger partial charge in [-0.25, -0.2) is 0 Å². The molecule has 7 heteroatoms. The lowest BCUT2D eigenvalue weighted by atomic mass is 9.85. The first-order valence-corrected chi connectivity index (χ1v) is 11.2. The normalized spacial score (nSPS) is 27.1. The second-order valence-electron chi connectivity index (χ2n) is 8.83. The van der Waals surface area contributed by atoms with Crippen LogP contribution in [0.3, 0.4) is 0 Å². The summed E-state index contributed by atoms with van der Waals surface area (Å²) < 4.78 is 7.02. The lowest BCUT2D eigenvalue weighted by Gasteiger charge is -2.33. The van der Waals surface area contributed by atoms with Crippen LogP contribution in [0.1, 0.15) is 31.0 Å². The average Bonchev–Trinajstić information content (AvgIpc) is 3.12. The van der Waals surface area contributed by atoms with Gasteiger partial charge in [-0.1, -0.05) is 12.1 Å². The van der Waals surface area contributed by atoms with Gasteiger partial charge < -0.3 is 24.6 Å². The topological polar surface area (TPSA) is 83.8 Å². The second kappa shape index (κ2) is 8.13. The third-order valence-corrected chi connectivity index (χ3v) is 7.20. The Kier molecular flexibility index (Phi) is 5.32. The molecule has 164 valence electrons. The number of likely N-dealkylation sites (tertiary alicyclic amines) is 1. The molecule has 31 heavy (non-hydrogen) atoms. The Bertz CT molecular complexity index is 1030. The number of amides is 1. The van der Waals surface area contributed by atoms with Crippen LogP contribution >= 0.6 is 0 Å². The molecule has 2 bridgehead atoms. The zero-order valence-corrected chi connectivity index (χ0v) is 17.8. The first-order valence-electron chi connectivity index (χ1n) is 11.2. The minimum atomic E-state index is -0.340. The third kappa shape index (κ3) is 3.36. The molecule has 1 aromatic carbocycles. The van der Waals surface area contributed by atoms with E-state index in [0.717, 1.165) is 49.4 Å². The summed E-state index contributed by atoms with van der Waals surface area (Å²) in [5.74, 6) is 0.323. The van der Waals surface area contributed by atoms with Crippen LogP contribution in [0, 0.1) is 11.8 Å². The Morgan fingerprint density at radius 2 is 1.87 bits per heavy atom. The van der Waals surface area contributed by atoms with E-state index >= 15 is 0 Å². The largest absolute Gasteiger partial charge is 0.497 e. The fraction of sp³-hybridized carbons (Fsp3) is 0.500. The van der Waals surface area contributed by atoms with Gasteiger partial charge in [-0.05, 0) is 49.1 Å². The maximum Gasteiger partial charge on any atom is 0.258 e. The average molecular weight is 424 g/mol. The van der Waals surface area contributed by atoms with Crippen molar-refractivity contribution in [2.24, 2.45) is 11.8 Å². The van der Waals surface area contributed by atoms with Crippen LogP contribution in [-0.4, -0.2) is 53.3 Å². The summed E-state index contributed by atoms with van der Waals surface area (Å²) in [6.07, 6.45) is 3.23. The highest BCUT2D eigenvalue weighted by molar-refractivity contribution is 5.81. The summed E-state index contributed by atoms with van der Waals surface area (Å²) in [4.78, 5) is 28.8. The molecule has 2 fully saturated rings. The van der Waals surface area contributed by atoms with E-state index in [4.69, 9.17) is 4.74 Å². The van der Waals surface area contributed by atoms with Crippen molar-refractivity contribution in [1.82, 2.24) is 14.8 Å². The molecule has 1 amide bonds.